The molecule has 60 valence electrons. The van der Waals surface area contributed by atoms with Crippen LogP contribution in [0.3, 0.4) is 0 Å². The van der Waals surface area contributed by atoms with Crippen LogP contribution in [0, 0.1) is 0 Å². The summed E-state index contributed by atoms with van der Waals surface area (Å²) >= 11 is 12.0. The molecule has 0 nitrogen and oxygen atoms in total. The first-order valence-corrected chi connectivity index (χ1v) is 3.96. The molecule has 0 spiro atoms. The van der Waals surface area contributed by atoms with Crippen LogP contribution in [0.15, 0.2) is 22.8 Å². The summed E-state index contributed by atoms with van der Waals surface area (Å²) in [6, 6.07) is 0. The van der Waals surface area contributed by atoms with E-state index in [0.717, 1.165) is 11.1 Å². The van der Waals surface area contributed by atoms with Crippen LogP contribution >= 0.6 is 23.2 Å². The van der Waals surface area contributed by atoms with E-state index in [9.17, 15) is 0 Å². The van der Waals surface area contributed by atoms with E-state index in [1.807, 2.05) is 26.8 Å². The van der Waals surface area contributed by atoms with Gasteiger partial charge in [-0.1, -0.05) is 29.3 Å². The molecule has 0 aromatic carbocycles. The summed E-state index contributed by atoms with van der Waals surface area (Å²) < 4.78 is -0.732. The minimum atomic E-state index is -0.732. The number of hydrogen-bond donors (Lipinski definition) is 0. The van der Waals surface area contributed by atoms with E-state index in [4.69, 9.17) is 23.2 Å². The summed E-state index contributed by atoms with van der Waals surface area (Å²) in [5, 5.41) is 0. The average Bonchev–Trinajstić information content (AvgIpc) is 1.97. The topological polar surface area (TPSA) is 0 Å². The largest absolute Gasteiger partial charge is 0.160 e. The fraction of sp³-hybridized carbons (Fsp3) is 0.500. The van der Waals surface area contributed by atoms with Crippen molar-refractivity contribution in [2.45, 2.75) is 25.1 Å². The molecule has 0 saturated heterocycles. The third kappa shape index (κ3) is 2.00. The monoisotopic (exact) mass is 266 g/mol. The van der Waals surface area contributed by atoms with E-state index in [1.165, 1.54) is 5.57 Å². The van der Waals surface area contributed by atoms with Crippen molar-refractivity contribution in [3.05, 3.63) is 22.8 Å². The van der Waals surface area contributed by atoms with Gasteiger partial charge in [0.15, 0.2) is 4.33 Å². The maximum Gasteiger partial charge on any atom is 0.160 e. The first-order valence-electron chi connectivity index (χ1n) is 3.21. The molecule has 0 aromatic heterocycles. The minimum absolute atomic E-state index is 0. The maximum absolute atomic E-state index is 6.00. The fourth-order valence-corrected chi connectivity index (χ4v) is 1.47. The molecule has 0 unspecified atom stereocenters. The summed E-state index contributed by atoms with van der Waals surface area (Å²) in [6.07, 6.45) is 2.02. The van der Waals surface area contributed by atoms with Gasteiger partial charge >= 0.3 is 0 Å². The van der Waals surface area contributed by atoms with Crippen LogP contribution in [-0.4, -0.2) is 4.33 Å². The van der Waals surface area contributed by atoms with Crippen molar-refractivity contribution in [2.75, 3.05) is 0 Å². The molecule has 0 bridgehead atoms. The summed E-state index contributed by atoms with van der Waals surface area (Å²) in [5.74, 6) is 0. The van der Waals surface area contributed by atoms with Gasteiger partial charge in [-0.15, -0.1) is 0 Å². The van der Waals surface area contributed by atoms with Crippen molar-refractivity contribution in [1.82, 2.24) is 0 Å². The molecule has 3 heteroatoms. The van der Waals surface area contributed by atoms with E-state index in [-0.39, 0.29) is 26.2 Å². The molecule has 1 aliphatic carbocycles. The molecule has 0 aromatic rings. The van der Waals surface area contributed by atoms with Gasteiger partial charge in [0, 0.05) is 26.2 Å². The van der Waals surface area contributed by atoms with Crippen molar-refractivity contribution in [3.63, 3.8) is 0 Å². The Bertz CT molecular complexity index is 226. The van der Waals surface area contributed by atoms with Gasteiger partial charge in [0.05, 0.1) is 0 Å². The zero-order valence-corrected chi connectivity index (χ0v) is 10.8. The van der Waals surface area contributed by atoms with Crippen LogP contribution in [0.2, 0.25) is 0 Å². The number of rotatable bonds is 0. The predicted molar refractivity (Wildman–Crippen MR) is 46.6 cm³/mol. The number of allylic oxidation sites excluding steroid dienone is 4. The molecule has 0 amide bonds. The van der Waals surface area contributed by atoms with Crippen molar-refractivity contribution < 1.29 is 26.2 Å². The fourth-order valence-electron chi connectivity index (χ4n) is 1.07. The van der Waals surface area contributed by atoms with Crippen molar-refractivity contribution in [3.8, 4) is 0 Å². The van der Waals surface area contributed by atoms with Crippen LogP contribution in [0.25, 0.3) is 0 Å². The Morgan fingerprint density at radius 1 is 1.18 bits per heavy atom. The Morgan fingerprint density at radius 2 is 1.64 bits per heavy atom. The number of hydrogen-bond acceptors (Lipinski definition) is 0. The van der Waals surface area contributed by atoms with Gasteiger partial charge in [-0.05, 0) is 37.5 Å². The van der Waals surface area contributed by atoms with E-state index < -0.39 is 4.33 Å². The molecule has 0 atom stereocenters. The molecule has 11 heavy (non-hydrogen) atoms. The third-order valence-corrected chi connectivity index (χ3v) is 3.15. The number of halogens is 2. The Morgan fingerprint density at radius 3 is 1.73 bits per heavy atom. The smallest absolute Gasteiger partial charge is 0.0916 e. The summed E-state index contributed by atoms with van der Waals surface area (Å²) in [4.78, 5) is 0. The Balaban J connectivity index is 0.000001000. The minimum Gasteiger partial charge on any atom is -0.0916 e. The van der Waals surface area contributed by atoms with Gasteiger partial charge in [0.2, 0.25) is 0 Å². The first-order chi connectivity index (χ1) is 4.46. The Hall–Kier alpha value is 0.943. The van der Waals surface area contributed by atoms with Crippen LogP contribution in [0.4, 0.5) is 0 Å². The van der Waals surface area contributed by atoms with Gasteiger partial charge in [0.1, 0.15) is 0 Å². The predicted octanol–water partition coefficient (Wildman–Crippen LogP) is 3.45. The molecule has 0 saturated carbocycles. The maximum atomic E-state index is 6.00. The summed E-state index contributed by atoms with van der Waals surface area (Å²) in [7, 11) is 0. The van der Waals surface area contributed by atoms with E-state index in [0.29, 0.717) is 0 Å². The molecule has 0 fully saturated rings. The van der Waals surface area contributed by atoms with Gasteiger partial charge in [0.25, 0.3) is 0 Å². The van der Waals surface area contributed by atoms with Crippen molar-refractivity contribution in [2.24, 2.45) is 0 Å². The van der Waals surface area contributed by atoms with Crippen LogP contribution in [0.1, 0.15) is 20.8 Å². The normalized spacial score (nSPS) is 21.4. The Kier molecular flexibility index (Phi) is 4.09. The molecular weight excluding hydrogens is 258 g/mol. The molecular formula is C8H10Cl2Zr. The Labute approximate surface area is 96.8 Å². The quantitative estimate of drug-likeness (QED) is 0.590. The van der Waals surface area contributed by atoms with E-state index >= 15 is 0 Å². The second-order valence-electron chi connectivity index (χ2n) is 2.71. The standard InChI is InChI=1S/C8H10Cl2.Zr/c1-5-4-6(2)8(9,10)7(5)3;/h4H,1-3H3;. The van der Waals surface area contributed by atoms with Crippen LogP contribution < -0.4 is 0 Å². The second kappa shape index (κ2) is 3.77. The number of alkyl halides is 2. The van der Waals surface area contributed by atoms with Gasteiger partial charge in [-0.25, -0.2) is 0 Å². The molecule has 0 radical (unpaired) electrons. The van der Waals surface area contributed by atoms with Gasteiger partial charge < -0.3 is 0 Å². The van der Waals surface area contributed by atoms with E-state index in [1.54, 1.807) is 0 Å². The summed E-state index contributed by atoms with van der Waals surface area (Å²) in [5.41, 5.74) is 3.25. The molecule has 1 aliphatic rings. The van der Waals surface area contributed by atoms with Crippen molar-refractivity contribution in [1.29, 1.82) is 0 Å². The molecule has 0 N–H and O–H groups in total. The second-order valence-corrected chi connectivity index (χ2v) is 4.04. The van der Waals surface area contributed by atoms with E-state index in [2.05, 4.69) is 0 Å². The average molecular weight is 268 g/mol. The molecule has 0 heterocycles. The molecule has 0 aliphatic heterocycles. The van der Waals surface area contributed by atoms with Gasteiger partial charge in [-0.3, -0.25) is 0 Å². The zero-order chi connectivity index (χ0) is 7.94. The SMILES string of the molecule is CC1=CC(C)=C(C)C1(Cl)Cl.[Zr]. The zero-order valence-electron chi connectivity index (χ0n) is 6.83. The van der Waals surface area contributed by atoms with Gasteiger partial charge in [-0.2, -0.15) is 0 Å². The molecule has 1 rings (SSSR count). The van der Waals surface area contributed by atoms with Crippen LogP contribution in [0.5, 0.6) is 0 Å². The van der Waals surface area contributed by atoms with Crippen LogP contribution in [-0.2, 0) is 26.2 Å². The third-order valence-electron chi connectivity index (χ3n) is 1.99. The van der Waals surface area contributed by atoms with Crippen molar-refractivity contribution >= 4 is 23.2 Å². The first kappa shape index (κ1) is 11.9. The summed E-state index contributed by atoms with van der Waals surface area (Å²) in [6.45, 7) is 5.92.